The molecule has 1 aromatic carbocycles. The summed E-state index contributed by atoms with van der Waals surface area (Å²) in [6.07, 6.45) is 0. The third-order valence-corrected chi connectivity index (χ3v) is 3.52. The lowest BCUT2D eigenvalue weighted by molar-refractivity contribution is -0.130. The summed E-state index contributed by atoms with van der Waals surface area (Å²) in [4.78, 5) is 23.7. The minimum Gasteiger partial charge on any atom is -0.399 e. The normalized spacial score (nSPS) is 16.4. The molecule has 0 spiro atoms. The lowest BCUT2D eigenvalue weighted by Crippen LogP contribution is -2.51. The van der Waals surface area contributed by atoms with E-state index in [9.17, 15) is 18.0 Å². The molecule has 2 amide bonds. The van der Waals surface area contributed by atoms with Gasteiger partial charge in [-0.3, -0.25) is 14.9 Å². The summed E-state index contributed by atoms with van der Waals surface area (Å²) in [6.45, 7) is -0.254. The van der Waals surface area contributed by atoms with Gasteiger partial charge in [-0.2, -0.15) is 0 Å². The lowest BCUT2D eigenvalue weighted by Gasteiger charge is -2.28. The van der Waals surface area contributed by atoms with Gasteiger partial charge in [0, 0.05) is 5.69 Å². The van der Waals surface area contributed by atoms with Gasteiger partial charge in [0.25, 0.3) is 0 Å². The quantitative estimate of drug-likeness (QED) is 0.441. The molecule has 1 aliphatic rings. The third-order valence-electron chi connectivity index (χ3n) is 2.58. The van der Waals surface area contributed by atoms with E-state index in [0.29, 0.717) is 0 Å². The van der Waals surface area contributed by atoms with Gasteiger partial charge >= 0.3 is 0 Å². The van der Waals surface area contributed by atoms with E-state index in [2.05, 4.69) is 5.32 Å². The molecular formula is C10H12N4O4S. The number of piperazine rings is 1. The number of hydrogen-bond donors (Lipinski definition) is 3. The van der Waals surface area contributed by atoms with E-state index in [1.807, 2.05) is 0 Å². The van der Waals surface area contributed by atoms with Crippen molar-refractivity contribution < 1.29 is 18.0 Å². The molecule has 5 N–H and O–H groups in total. The van der Waals surface area contributed by atoms with Crippen LogP contribution in [-0.2, 0) is 19.6 Å². The van der Waals surface area contributed by atoms with Crippen LogP contribution in [0.2, 0.25) is 0 Å². The van der Waals surface area contributed by atoms with E-state index >= 15 is 0 Å². The fourth-order valence-electron chi connectivity index (χ4n) is 1.83. The molecule has 1 fully saturated rings. The maximum absolute atomic E-state index is 11.5. The third kappa shape index (κ3) is 2.83. The number of carbonyl (C=O) groups is 2. The second-order valence-electron chi connectivity index (χ2n) is 4.10. The van der Waals surface area contributed by atoms with E-state index in [-0.39, 0.29) is 29.4 Å². The number of nitrogens with two attached hydrogens (primary N) is 2. The Hall–Kier alpha value is -2.13. The number of carbonyl (C=O) groups excluding carboxylic acids is 2. The summed E-state index contributed by atoms with van der Waals surface area (Å²) in [5, 5.41) is 7.23. The standard InChI is InChI=1S/C10H12N4O4S/c11-6-1-2-7(8(3-6)19(12,17)18)14-4-9(15)13-10(16)5-14/h1-3H,4-5,11H2,(H2,12,17,18)(H,13,15,16). The van der Waals surface area contributed by atoms with E-state index in [0.717, 1.165) is 0 Å². The Morgan fingerprint density at radius 1 is 1.16 bits per heavy atom. The fraction of sp³-hybridized carbons (Fsp3) is 0.200. The van der Waals surface area contributed by atoms with Crippen LogP contribution in [0.15, 0.2) is 23.1 Å². The molecule has 1 aliphatic heterocycles. The number of rotatable bonds is 2. The number of anilines is 2. The Bertz CT molecular complexity index is 639. The highest BCUT2D eigenvalue weighted by molar-refractivity contribution is 7.89. The molecule has 0 unspecified atom stereocenters. The van der Waals surface area contributed by atoms with Crippen LogP contribution in [0.25, 0.3) is 0 Å². The average Bonchev–Trinajstić information content (AvgIpc) is 2.26. The highest BCUT2D eigenvalue weighted by atomic mass is 32.2. The summed E-state index contributed by atoms with van der Waals surface area (Å²) < 4.78 is 23.0. The first-order valence-electron chi connectivity index (χ1n) is 5.27. The number of nitrogens with zero attached hydrogens (tertiary/aromatic N) is 1. The molecule has 1 aromatic rings. The highest BCUT2D eigenvalue weighted by Gasteiger charge is 2.26. The van der Waals surface area contributed by atoms with Crippen molar-refractivity contribution in [3.05, 3.63) is 18.2 Å². The molecule has 0 atom stereocenters. The monoisotopic (exact) mass is 284 g/mol. The summed E-state index contributed by atoms with van der Waals surface area (Å²) in [6, 6.07) is 4.09. The number of amides is 2. The van der Waals surface area contributed by atoms with Gasteiger partial charge in [-0.25, -0.2) is 13.6 Å². The summed E-state index contributed by atoms with van der Waals surface area (Å²) >= 11 is 0. The van der Waals surface area contributed by atoms with Crippen LogP contribution in [0.3, 0.4) is 0 Å². The Morgan fingerprint density at radius 3 is 2.26 bits per heavy atom. The van der Waals surface area contributed by atoms with Gasteiger partial charge in [-0.15, -0.1) is 0 Å². The number of benzene rings is 1. The summed E-state index contributed by atoms with van der Waals surface area (Å²) in [5.41, 5.74) is 5.93. The lowest BCUT2D eigenvalue weighted by atomic mass is 10.2. The first-order valence-corrected chi connectivity index (χ1v) is 6.82. The highest BCUT2D eigenvalue weighted by Crippen LogP contribution is 2.27. The van der Waals surface area contributed by atoms with Crippen molar-refractivity contribution in [1.29, 1.82) is 0 Å². The van der Waals surface area contributed by atoms with Crippen LogP contribution < -0.4 is 21.1 Å². The second kappa shape index (κ2) is 4.52. The molecule has 0 aromatic heterocycles. The molecule has 9 heteroatoms. The largest absolute Gasteiger partial charge is 0.399 e. The minimum atomic E-state index is -4.00. The molecule has 0 bridgehead atoms. The molecule has 19 heavy (non-hydrogen) atoms. The summed E-state index contributed by atoms with van der Waals surface area (Å²) in [7, 11) is -4.00. The van der Waals surface area contributed by atoms with Gasteiger partial charge in [-0.1, -0.05) is 0 Å². The van der Waals surface area contributed by atoms with Crippen molar-refractivity contribution in [2.75, 3.05) is 23.7 Å². The number of hydrogen-bond acceptors (Lipinski definition) is 6. The van der Waals surface area contributed by atoms with Crippen LogP contribution in [0.5, 0.6) is 0 Å². The van der Waals surface area contributed by atoms with Crippen LogP contribution in [0.4, 0.5) is 11.4 Å². The topological polar surface area (TPSA) is 136 Å². The van der Waals surface area contributed by atoms with E-state index in [4.69, 9.17) is 10.9 Å². The number of primary sulfonamides is 1. The van der Waals surface area contributed by atoms with Gasteiger partial charge in [-0.05, 0) is 18.2 Å². The minimum absolute atomic E-state index is 0.127. The van der Waals surface area contributed by atoms with Gasteiger partial charge in [0.05, 0.1) is 18.8 Å². The smallest absolute Gasteiger partial charge is 0.246 e. The van der Waals surface area contributed by atoms with Crippen LogP contribution in [0.1, 0.15) is 0 Å². The maximum atomic E-state index is 11.5. The molecular weight excluding hydrogens is 272 g/mol. The van der Waals surface area contributed by atoms with Crippen LogP contribution >= 0.6 is 0 Å². The predicted molar refractivity (Wildman–Crippen MR) is 67.6 cm³/mol. The van der Waals surface area contributed by atoms with Gasteiger partial charge in [0.1, 0.15) is 4.90 Å². The molecule has 0 radical (unpaired) electrons. The van der Waals surface area contributed by atoms with Crippen molar-refractivity contribution in [2.24, 2.45) is 5.14 Å². The number of imide groups is 1. The first-order chi connectivity index (χ1) is 8.77. The zero-order valence-electron chi connectivity index (χ0n) is 9.79. The number of sulfonamides is 1. The van der Waals surface area contributed by atoms with Crippen molar-refractivity contribution in [3.63, 3.8) is 0 Å². The molecule has 1 heterocycles. The number of nitrogen functional groups attached to an aromatic ring is 1. The first kappa shape index (κ1) is 13.3. The predicted octanol–water partition coefficient (Wildman–Crippen LogP) is -1.62. The van der Waals surface area contributed by atoms with Gasteiger partial charge < -0.3 is 10.6 Å². The van der Waals surface area contributed by atoms with Crippen molar-refractivity contribution in [2.45, 2.75) is 4.90 Å². The van der Waals surface area contributed by atoms with E-state index < -0.39 is 21.8 Å². The Morgan fingerprint density at radius 2 is 1.74 bits per heavy atom. The van der Waals surface area contributed by atoms with Crippen LogP contribution in [0, 0.1) is 0 Å². The molecule has 0 aliphatic carbocycles. The fourth-order valence-corrected chi connectivity index (χ4v) is 2.62. The zero-order valence-corrected chi connectivity index (χ0v) is 10.6. The molecule has 8 nitrogen and oxygen atoms in total. The summed E-state index contributed by atoms with van der Waals surface area (Å²) in [5.74, 6) is -1.01. The molecule has 0 saturated carbocycles. The van der Waals surface area contributed by atoms with E-state index in [1.165, 1.54) is 23.1 Å². The second-order valence-corrected chi connectivity index (χ2v) is 5.63. The van der Waals surface area contributed by atoms with Crippen molar-refractivity contribution in [1.82, 2.24) is 5.32 Å². The number of nitrogens with one attached hydrogen (secondary N) is 1. The molecule has 2 rings (SSSR count). The Labute approximate surface area is 109 Å². The zero-order chi connectivity index (χ0) is 14.2. The molecule has 102 valence electrons. The Kier molecular flexibility index (Phi) is 3.16. The molecule has 1 saturated heterocycles. The SMILES string of the molecule is Nc1ccc(N2CC(=O)NC(=O)C2)c(S(N)(=O)=O)c1. The average molecular weight is 284 g/mol. The Balaban J connectivity index is 2.50. The van der Waals surface area contributed by atoms with Gasteiger partial charge in [0.15, 0.2) is 0 Å². The van der Waals surface area contributed by atoms with Crippen LogP contribution in [-0.4, -0.2) is 33.3 Å². The van der Waals surface area contributed by atoms with E-state index in [1.54, 1.807) is 0 Å². The van der Waals surface area contributed by atoms with Crippen molar-refractivity contribution in [3.8, 4) is 0 Å². The van der Waals surface area contributed by atoms with Crippen molar-refractivity contribution >= 4 is 33.2 Å². The van der Waals surface area contributed by atoms with Gasteiger partial charge in [0.2, 0.25) is 21.8 Å². The maximum Gasteiger partial charge on any atom is 0.246 e.